The Kier molecular flexibility index (Phi) is 4.59. The summed E-state index contributed by atoms with van der Waals surface area (Å²) in [6.45, 7) is 4.00. The summed E-state index contributed by atoms with van der Waals surface area (Å²) >= 11 is 0. The van der Waals surface area contributed by atoms with Gasteiger partial charge in [-0.25, -0.2) is 0 Å². The lowest BCUT2D eigenvalue weighted by Gasteiger charge is -2.27. The first-order valence-electron chi connectivity index (χ1n) is 7.12. The predicted octanol–water partition coefficient (Wildman–Crippen LogP) is 2.24. The van der Waals surface area contributed by atoms with E-state index in [0.29, 0.717) is 0 Å². The maximum Gasteiger partial charge on any atom is 0.227 e. The van der Waals surface area contributed by atoms with Crippen molar-refractivity contribution in [3.05, 3.63) is 35.4 Å². The fraction of sp³-hybridized carbons (Fsp3) is 0.562. The van der Waals surface area contributed by atoms with Gasteiger partial charge in [-0.3, -0.25) is 4.79 Å². The molecule has 0 spiro atoms. The molecule has 1 aromatic carbocycles. The number of hydrogen-bond donors (Lipinski definition) is 2. The topological polar surface area (TPSA) is 49.3 Å². The molecule has 3 unspecified atom stereocenters. The summed E-state index contributed by atoms with van der Waals surface area (Å²) in [5.41, 5.74) is 2.48. The van der Waals surface area contributed by atoms with E-state index in [1.54, 1.807) is 0 Å². The highest BCUT2D eigenvalue weighted by atomic mass is 16.3. The van der Waals surface area contributed by atoms with Gasteiger partial charge >= 0.3 is 0 Å². The van der Waals surface area contributed by atoms with E-state index in [1.165, 1.54) is 11.1 Å². The summed E-state index contributed by atoms with van der Waals surface area (Å²) in [7, 11) is 0. The molecule has 1 aromatic rings. The van der Waals surface area contributed by atoms with Gasteiger partial charge in [0, 0.05) is 12.6 Å². The monoisotopic (exact) mass is 261 g/mol. The maximum absolute atomic E-state index is 12.4. The molecule has 0 bridgehead atoms. The van der Waals surface area contributed by atoms with Gasteiger partial charge in [-0.15, -0.1) is 0 Å². The third-order valence-corrected chi connectivity index (χ3v) is 4.20. The zero-order valence-corrected chi connectivity index (χ0v) is 11.7. The number of carbonyl (C=O) groups is 1. The Morgan fingerprint density at radius 1 is 1.42 bits per heavy atom. The quantitative estimate of drug-likeness (QED) is 0.873. The van der Waals surface area contributed by atoms with Crippen LogP contribution in [0.15, 0.2) is 24.3 Å². The average Bonchev–Trinajstić information content (AvgIpc) is 2.45. The Morgan fingerprint density at radius 3 is 2.89 bits per heavy atom. The fourth-order valence-corrected chi connectivity index (χ4v) is 2.65. The van der Waals surface area contributed by atoms with Crippen LogP contribution in [0.3, 0.4) is 0 Å². The largest absolute Gasteiger partial charge is 0.396 e. The second-order valence-electron chi connectivity index (χ2n) is 5.60. The fourth-order valence-electron chi connectivity index (χ4n) is 2.65. The van der Waals surface area contributed by atoms with Gasteiger partial charge in [-0.2, -0.15) is 0 Å². The second kappa shape index (κ2) is 6.20. The number of aliphatic hydroxyl groups excluding tert-OH is 1. The molecule has 2 rings (SSSR count). The lowest BCUT2D eigenvalue weighted by molar-refractivity contribution is -0.123. The first-order valence-corrected chi connectivity index (χ1v) is 7.12. The number of nitrogens with one attached hydrogen (secondary N) is 1. The minimum atomic E-state index is -0.0294. The van der Waals surface area contributed by atoms with Crippen molar-refractivity contribution >= 4 is 5.91 Å². The number of aryl methyl sites for hydroxylation is 1. The highest BCUT2D eigenvalue weighted by Crippen LogP contribution is 2.31. The molecule has 1 aliphatic rings. The predicted molar refractivity (Wildman–Crippen MR) is 76.0 cm³/mol. The zero-order valence-electron chi connectivity index (χ0n) is 11.7. The number of carbonyl (C=O) groups excluding carboxylic acids is 1. The molecular weight excluding hydrogens is 238 g/mol. The number of aliphatic hydroxyl groups is 1. The summed E-state index contributed by atoms with van der Waals surface area (Å²) in [5.74, 6) is 0.154. The van der Waals surface area contributed by atoms with Gasteiger partial charge in [0.15, 0.2) is 0 Å². The Hall–Kier alpha value is -1.35. The molecule has 3 heteroatoms. The molecule has 1 aliphatic carbocycles. The SMILES string of the molecule is CC(CO)C(C)NC(=O)C1CCCc2ccccc21. The molecule has 104 valence electrons. The summed E-state index contributed by atoms with van der Waals surface area (Å²) in [5, 5.41) is 12.2. The van der Waals surface area contributed by atoms with Crippen molar-refractivity contribution in [2.24, 2.45) is 5.92 Å². The molecule has 19 heavy (non-hydrogen) atoms. The maximum atomic E-state index is 12.4. The van der Waals surface area contributed by atoms with Crippen molar-refractivity contribution in [3.8, 4) is 0 Å². The summed E-state index contributed by atoms with van der Waals surface area (Å²) in [4.78, 5) is 12.4. The molecule has 0 heterocycles. The van der Waals surface area contributed by atoms with Gasteiger partial charge in [0.1, 0.15) is 0 Å². The minimum absolute atomic E-state index is 0.00610. The standard InChI is InChI=1S/C16H23NO2/c1-11(10-18)12(2)17-16(19)15-9-5-7-13-6-3-4-8-14(13)15/h3-4,6,8,11-12,15,18H,5,7,9-10H2,1-2H3,(H,17,19). The van der Waals surface area contributed by atoms with Crippen LogP contribution in [-0.4, -0.2) is 23.7 Å². The van der Waals surface area contributed by atoms with Crippen LogP contribution < -0.4 is 5.32 Å². The van der Waals surface area contributed by atoms with Crippen molar-refractivity contribution in [2.45, 2.75) is 45.1 Å². The number of benzene rings is 1. The minimum Gasteiger partial charge on any atom is -0.396 e. The first-order chi connectivity index (χ1) is 9.13. The molecule has 0 fully saturated rings. The highest BCUT2D eigenvalue weighted by Gasteiger charge is 2.27. The van der Waals surface area contributed by atoms with Crippen LogP contribution in [-0.2, 0) is 11.2 Å². The first kappa shape index (κ1) is 14.1. The summed E-state index contributed by atoms with van der Waals surface area (Å²) in [6, 6.07) is 8.24. The smallest absolute Gasteiger partial charge is 0.227 e. The molecule has 0 saturated carbocycles. The van der Waals surface area contributed by atoms with E-state index in [4.69, 9.17) is 5.11 Å². The Balaban J connectivity index is 2.09. The van der Waals surface area contributed by atoms with Crippen LogP contribution in [0.5, 0.6) is 0 Å². The molecule has 3 nitrogen and oxygen atoms in total. The van der Waals surface area contributed by atoms with Crippen molar-refractivity contribution < 1.29 is 9.90 Å². The normalized spacial score (nSPS) is 21.3. The Bertz CT molecular complexity index is 444. The zero-order chi connectivity index (χ0) is 13.8. The summed E-state index contributed by atoms with van der Waals surface area (Å²) < 4.78 is 0. The number of fused-ring (bicyclic) bond motifs is 1. The number of rotatable bonds is 4. The van der Waals surface area contributed by atoms with Crippen LogP contribution in [0.25, 0.3) is 0 Å². The third-order valence-electron chi connectivity index (χ3n) is 4.20. The van der Waals surface area contributed by atoms with E-state index >= 15 is 0 Å². The van der Waals surface area contributed by atoms with Gasteiger partial charge in [-0.1, -0.05) is 31.2 Å². The van der Waals surface area contributed by atoms with Crippen molar-refractivity contribution in [3.63, 3.8) is 0 Å². The van der Waals surface area contributed by atoms with Crippen molar-refractivity contribution in [2.75, 3.05) is 6.61 Å². The van der Waals surface area contributed by atoms with E-state index in [1.807, 2.05) is 26.0 Å². The Labute approximate surface area is 115 Å². The van der Waals surface area contributed by atoms with Crippen LogP contribution in [0.4, 0.5) is 0 Å². The third kappa shape index (κ3) is 3.16. The molecule has 0 aromatic heterocycles. The van der Waals surface area contributed by atoms with Crippen LogP contribution in [0.1, 0.15) is 43.7 Å². The van der Waals surface area contributed by atoms with Gasteiger partial charge in [0.2, 0.25) is 5.91 Å². The van der Waals surface area contributed by atoms with Gasteiger partial charge in [0.25, 0.3) is 0 Å². The number of amides is 1. The molecule has 0 aliphatic heterocycles. The molecule has 1 amide bonds. The van der Waals surface area contributed by atoms with E-state index in [2.05, 4.69) is 17.4 Å². The summed E-state index contributed by atoms with van der Waals surface area (Å²) in [6.07, 6.45) is 3.06. The van der Waals surface area contributed by atoms with Crippen LogP contribution in [0.2, 0.25) is 0 Å². The van der Waals surface area contributed by atoms with E-state index in [0.717, 1.165) is 19.3 Å². The average molecular weight is 261 g/mol. The van der Waals surface area contributed by atoms with E-state index < -0.39 is 0 Å². The lowest BCUT2D eigenvalue weighted by Crippen LogP contribution is -2.41. The van der Waals surface area contributed by atoms with Gasteiger partial charge in [0.05, 0.1) is 5.92 Å². The number of hydrogen-bond acceptors (Lipinski definition) is 2. The van der Waals surface area contributed by atoms with Crippen molar-refractivity contribution in [1.82, 2.24) is 5.32 Å². The van der Waals surface area contributed by atoms with E-state index in [9.17, 15) is 4.79 Å². The van der Waals surface area contributed by atoms with Crippen LogP contribution in [0, 0.1) is 5.92 Å². The van der Waals surface area contributed by atoms with Crippen molar-refractivity contribution in [1.29, 1.82) is 0 Å². The Morgan fingerprint density at radius 2 is 2.16 bits per heavy atom. The van der Waals surface area contributed by atoms with Crippen LogP contribution >= 0.6 is 0 Å². The van der Waals surface area contributed by atoms with Gasteiger partial charge in [-0.05, 0) is 43.2 Å². The molecule has 3 atom stereocenters. The van der Waals surface area contributed by atoms with E-state index in [-0.39, 0.29) is 30.4 Å². The molecular formula is C16H23NO2. The molecule has 0 radical (unpaired) electrons. The molecule has 2 N–H and O–H groups in total. The highest BCUT2D eigenvalue weighted by molar-refractivity contribution is 5.84. The molecule has 0 saturated heterocycles. The second-order valence-corrected chi connectivity index (χ2v) is 5.60. The van der Waals surface area contributed by atoms with Gasteiger partial charge < -0.3 is 10.4 Å². The lowest BCUT2D eigenvalue weighted by atomic mass is 9.82.